The third-order valence-electron chi connectivity index (χ3n) is 13.3. The summed E-state index contributed by atoms with van der Waals surface area (Å²) in [5, 5.41) is 20.4. The van der Waals surface area contributed by atoms with Crippen LogP contribution in [0, 0.1) is 21.4 Å². The molecule has 65 heavy (non-hydrogen) atoms. The average molecular weight is 923 g/mol. The van der Waals surface area contributed by atoms with Crippen molar-refractivity contribution >= 4 is 78.4 Å². The summed E-state index contributed by atoms with van der Waals surface area (Å²) < 4.78 is 35.6. The third kappa shape index (κ3) is 9.95. The molecule has 2 saturated heterocycles. The van der Waals surface area contributed by atoms with E-state index < -0.39 is 26.5 Å². The van der Waals surface area contributed by atoms with Gasteiger partial charge in [0.05, 0.1) is 26.8 Å². The average Bonchev–Trinajstić information content (AvgIpc) is 3.66. The number of aromatic amines is 1. The predicted octanol–water partition coefficient (Wildman–Crippen LogP) is 8.82. The van der Waals surface area contributed by atoms with E-state index in [1.807, 2.05) is 47.5 Å². The number of aromatic nitrogens is 2. The van der Waals surface area contributed by atoms with Crippen LogP contribution >= 0.6 is 11.6 Å². The number of nitro groups is 1. The molecule has 0 bridgehead atoms. The lowest BCUT2D eigenvalue weighted by atomic mass is 9.72. The molecule has 1 amide bonds. The zero-order chi connectivity index (χ0) is 45.3. The Bertz CT molecular complexity index is 2730. The number of H-pyrrole nitrogens is 1. The summed E-state index contributed by atoms with van der Waals surface area (Å²) >= 11 is 6.27. The minimum Gasteiger partial charge on any atom is -0.381 e. The minimum absolute atomic E-state index is 0.143. The molecule has 5 aromatic rings. The van der Waals surface area contributed by atoms with E-state index in [0.717, 1.165) is 105 Å². The maximum absolute atomic E-state index is 14.4. The number of piperazine rings is 1. The number of anilines is 5. The maximum atomic E-state index is 14.4. The van der Waals surface area contributed by atoms with Gasteiger partial charge in [0.1, 0.15) is 11.3 Å². The molecule has 0 saturated carbocycles. The first-order chi connectivity index (χ1) is 31.3. The number of pyridine rings is 1. The number of halogens is 1. The SMILES string of the molecule is CC1(C)CCC(CN2CCN(c3ccc(C(=O)NS(=O)(=O)c4ccc(NCC5CCOCC5)c([N+](=O)[O-])c4)c(N4CCCNc5nc6[nH]ccc6cc54)c3)CC2)=C(c2ccc(Cl)cc2)C1. The minimum atomic E-state index is -4.55. The highest BCUT2D eigenvalue weighted by atomic mass is 35.5. The molecular formula is C48H56ClN9O6S. The summed E-state index contributed by atoms with van der Waals surface area (Å²) in [4.78, 5) is 40.5. The summed E-state index contributed by atoms with van der Waals surface area (Å²) in [5.74, 6) is 0.0715. The van der Waals surface area contributed by atoms with Crippen molar-refractivity contribution in [2.45, 2.75) is 57.3 Å². The monoisotopic (exact) mass is 921 g/mol. The van der Waals surface area contributed by atoms with Crippen LogP contribution in [-0.4, -0.2) is 99.7 Å². The molecule has 2 fully saturated rings. The van der Waals surface area contributed by atoms with E-state index in [1.165, 1.54) is 28.8 Å². The van der Waals surface area contributed by atoms with Crippen LogP contribution in [0.2, 0.25) is 5.02 Å². The van der Waals surface area contributed by atoms with Crippen LogP contribution in [0.3, 0.4) is 0 Å². The van der Waals surface area contributed by atoms with Crippen molar-refractivity contribution in [1.82, 2.24) is 19.6 Å². The molecule has 17 heteroatoms. The van der Waals surface area contributed by atoms with E-state index in [0.29, 0.717) is 44.4 Å². The number of sulfonamides is 1. The van der Waals surface area contributed by atoms with Crippen LogP contribution in [0.5, 0.6) is 0 Å². The van der Waals surface area contributed by atoms with Crippen LogP contribution in [-0.2, 0) is 14.8 Å². The first kappa shape index (κ1) is 44.5. The van der Waals surface area contributed by atoms with Gasteiger partial charge in [0.2, 0.25) is 0 Å². The van der Waals surface area contributed by atoms with Crippen molar-refractivity contribution in [3.05, 3.63) is 111 Å². The number of carbonyl (C=O) groups is 1. The van der Waals surface area contributed by atoms with Crippen molar-refractivity contribution in [3.8, 4) is 0 Å². The molecule has 2 aromatic heterocycles. The molecule has 342 valence electrons. The summed E-state index contributed by atoms with van der Waals surface area (Å²) in [6, 6.07) is 21.4. The van der Waals surface area contributed by atoms with E-state index in [1.54, 1.807) is 6.07 Å². The Morgan fingerprint density at radius 1 is 0.985 bits per heavy atom. The molecule has 9 rings (SSSR count). The Kier molecular flexibility index (Phi) is 12.8. The van der Waals surface area contributed by atoms with Crippen LogP contribution in [0.25, 0.3) is 16.6 Å². The van der Waals surface area contributed by atoms with Gasteiger partial charge in [-0.25, -0.2) is 18.1 Å². The van der Waals surface area contributed by atoms with Crippen molar-refractivity contribution < 1.29 is 22.9 Å². The molecule has 4 N–H and O–H groups in total. The second kappa shape index (κ2) is 18.7. The summed E-state index contributed by atoms with van der Waals surface area (Å²) in [6.07, 6.45) is 7.43. The lowest BCUT2D eigenvalue weighted by Gasteiger charge is -2.39. The third-order valence-corrected chi connectivity index (χ3v) is 14.9. The van der Waals surface area contributed by atoms with Crippen LogP contribution < -0.4 is 25.2 Å². The van der Waals surface area contributed by atoms with Gasteiger partial charge in [-0.2, -0.15) is 0 Å². The second-order valence-electron chi connectivity index (χ2n) is 18.4. The molecule has 0 spiro atoms. The zero-order valence-electron chi connectivity index (χ0n) is 36.9. The molecule has 15 nitrogen and oxygen atoms in total. The summed E-state index contributed by atoms with van der Waals surface area (Å²) in [7, 11) is -4.55. The van der Waals surface area contributed by atoms with E-state index >= 15 is 0 Å². The Balaban J connectivity index is 0.986. The summed E-state index contributed by atoms with van der Waals surface area (Å²) in [5.41, 5.74) is 7.26. The Morgan fingerprint density at radius 3 is 2.54 bits per heavy atom. The number of rotatable bonds is 12. The van der Waals surface area contributed by atoms with Gasteiger partial charge in [0.15, 0.2) is 5.82 Å². The zero-order valence-corrected chi connectivity index (χ0v) is 38.4. The molecule has 5 heterocycles. The van der Waals surface area contributed by atoms with Crippen molar-refractivity contribution in [1.29, 1.82) is 0 Å². The molecule has 3 aliphatic heterocycles. The van der Waals surface area contributed by atoms with Gasteiger partial charge >= 0.3 is 0 Å². The fourth-order valence-electron chi connectivity index (χ4n) is 9.57. The van der Waals surface area contributed by atoms with Gasteiger partial charge in [-0.15, -0.1) is 0 Å². The highest BCUT2D eigenvalue weighted by Gasteiger charge is 2.32. The number of benzene rings is 3. The first-order valence-corrected chi connectivity index (χ1v) is 24.4. The highest BCUT2D eigenvalue weighted by Crippen LogP contribution is 2.44. The number of fused-ring (bicyclic) bond motifs is 2. The number of nitrogens with zero attached hydrogens (tertiary/aromatic N) is 5. The second-order valence-corrected chi connectivity index (χ2v) is 20.5. The van der Waals surface area contributed by atoms with Crippen molar-refractivity contribution in [3.63, 3.8) is 0 Å². The number of hydrogen-bond acceptors (Lipinski definition) is 12. The van der Waals surface area contributed by atoms with E-state index in [2.05, 4.69) is 56.1 Å². The number of nitrogens with one attached hydrogen (secondary N) is 4. The smallest absolute Gasteiger partial charge is 0.293 e. The van der Waals surface area contributed by atoms with Gasteiger partial charge in [0, 0.05) is 93.9 Å². The van der Waals surface area contributed by atoms with Gasteiger partial charge in [-0.3, -0.25) is 19.8 Å². The number of amides is 1. The number of hydrogen-bond donors (Lipinski definition) is 4. The Hall–Kier alpha value is -5.68. The van der Waals surface area contributed by atoms with E-state index in [9.17, 15) is 23.3 Å². The molecular weight excluding hydrogens is 866 g/mol. The van der Waals surface area contributed by atoms with Crippen LogP contribution in [0.4, 0.5) is 34.3 Å². The number of nitro benzene ring substituents is 1. The topological polar surface area (TPSA) is 178 Å². The molecule has 4 aliphatic rings. The lowest BCUT2D eigenvalue weighted by molar-refractivity contribution is -0.384. The van der Waals surface area contributed by atoms with Gasteiger partial charge in [0.25, 0.3) is 21.6 Å². The quantitative estimate of drug-likeness (QED) is 0.0692. The fourth-order valence-corrected chi connectivity index (χ4v) is 10.7. The van der Waals surface area contributed by atoms with Gasteiger partial charge in [-0.05, 0) is 116 Å². The maximum Gasteiger partial charge on any atom is 0.293 e. The van der Waals surface area contributed by atoms with E-state index in [-0.39, 0.29) is 27.5 Å². The first-order valence-electron chi connectivity index (χ1n) is 22.6. The lowest BCUT2D eigenvalue weighted by Crippen LogP contribution is -2.47. The van der Waals surface area contributed by atoms with Crippen LogP contribution in [0.15, 0.2) is 89.5 Å². The predicted molar refractivity (Wildman–Crippen MR) is 257 cm³/mol. The Labute approximate surface area is 384 Å². The highest BCUT2D eigenvalue weighted by molar-refractivity contribution is 7.90. The van der Waals surface area contributed by atoms with Crippen molar-refractivity contribution in [2.24, 2.45) is 11.3 Å². The largest absolute Gasteiger partial charge is 0.381 e. The number of allylic oxidation sites excluding steroid dienone is 1. The van der Waals surface area contributed by atoms with Gasteiger partial charge in [-0.1, -0.05) is 43.2 Å². The molecule has 3 aromatic carbocycles. The number of carbonyl (C=O) groups excluding carboxylic acids is 1. The summed E-state index contributed by atoms with van der Waals surface area (Å²) in [6.45, 7) is 11.7. The van der Waals surface area contributed by atoms with Crippen LogP contribution in [0.1, 0.15) is 68.3 Å². The fraction of sp³-hybridized carbons (Fsp3) is 0.417. The molecule has 1 aliphatic carbocycles. The van der Waals surface area contributed by atoms with Gasteiger partial charge < -0.3 is 30.2 Å². The molecule has 0 unspecified atom stereocenters. The van der Waals surface area contributed by atoms with E-state index in [4.69, 9.17) is 21.3 Å². The molecule has 0 radical (unpaired) electrons. The Morgan fingerprint density at radius 2 is 1.77 bits per heavy atom. The van der Waals surface area contributed by atoms with Crippen molar-refractivity contribution in [2.75, 3.05) is 86.0 Å². The molecule has 0 atom stereocenters. The number of ether oxygens (including phenoxy) is 1. The normalized spacial score (nSPS) is 18.5. The standard InChI is InChI=1S/C48H56ClN9O6S/c1-48(2)16-12-35(40(29-48)33-4-6-36(49)7-5-33)31-55-20-22-56(23-21-55)37-8-10-39(42(27-37)57-19-3-17-50-46-44(57)26-34-13-18-51-45(34)53-46)47(59)54-65(62,63)38-9-11-41(43(28-38)58(60)61)52-30-32-14-24-64-25-15-32/h4-11,13,18,26-28,32,52H,3,12,14-17,19-25,29-31H2,1-2H3,(H,54,59)(H2,50,51,53).